The molecular formula is C14H15N3O2. The minimum absolute atomic E-state index is 0.0901. The standard InChI is InChI=1S/C14H15N3O2/c1-14(2)10(11(14)13(18)19)12-16-15-8-17(12)9-6-4-3-5-7-9/h3-8,10-11H,1-2H3,(H,18,19). The molecule has 0 aliphatic heterocycles. The number of rotatable bonds is 3. The van der Waals surface area contributed by atoms with Crippen LogP contribution in [-0.4, -0.2) is 25.8 Å². The number of aliphatic carboxylic acids is 1. The van der Waals surface area contributed by atoms with Crippen molar-refractivity contribution < 1.29 is 9.90 Å². The lowest BCUT2D eigenvalue weighted by Crippen LogP contribution is -2.04. The second kappa shape index (κ2) is 3.91. The van der Waals surface area contributed by atoms with Gasteiger partial charge in [-0.3, -0.25) is 9.36 Å². The number of carbonyl (C=O) groups is 1. The average molecular weight is 257 g/mol. The summed E-state index contributed by atoms with van der Waals surface area (Å²) in [6.07, 6.45) is 1.64. The zero-order valence-corrected chi connectivity index (χ0v) is 10.8. The third-order valence-corrected chi connectivity index (χ3v) is 3.98. The maximum atomic E-state index is 11.3. The smallest absolute Gasteiger partial charge is 0.307 e. The van der Waals surface area contributed by atoms with Gasteiger partial charge >= 0.3 is 5.97 Å². The maximum Gasteiger partial charge on any atom is 0.307 e. The van der Waals surface area contributed by atoms with Crippen molar-refractivity contribution in [2.45, 2.75) is 19.8 Å². The zero-order valence-electron chi connectivity index (χ0n) is 10.8. The van der Waals surface area contributed by atoms with Crippen LogP contribution in [0.25, 0.3) is 5.69 Å². The van der Waals surface area contributed by atoms with Crippen LogP contribution in [0.15, 0.2) is 36.7 Å². The van der Waals surface area contributed by atoms with E-state index in [-0.39, 0.29) is 17.3 Å². The number of carboxylic acid groups (broad SMARTS) is 1. The van der Waals surface area contributed by atoms with E-state index in [1.165, 1.54) is 0 Å². The van der Waals surface area contributed by atoms with Gasteiger partial charge in [-0.2, -0.15) is 0 Å². The Hall–Kier alpha value is -2.17. The van der Waals surface area contributed by atoms with Crippen LogP contribution in [0, 0.1) is 11.3 Å². The maximum absolute atomic E-state index is 11.3. The van der Waals surface area contributed by atoms with Crippen molar-refractivity contribution in [2.75, 3.05) is 0 Å². The Kier molecular flexibility index (Phi) is 2.45. The number of nitrogens with zero attached hydrogens (tertiary/aromatic N) is 3. The summed E-state index contributed by atoms with van der Waals surface area (Å²) in [4.78, 5) is 11.3. The first-order valence-electron chi connectivity index (χ1n) is 6.21. The molecule has 1 aromatic carbocycles. The molecule has 0 bridgehead atoms. The summed E-state index contributed by atoms with van der Waals surface area (Å²) in [6, 6.07) is 9.72. The molecule has 5 heteroatoms. The molecule has 19 heavy (non-hydrogen) atoms. The molecule has 0 saturated heterocycles. The molecule has 1 fully saturated rings. The van der Waals surface area contributed by atoms with Crippen molar-refractivity contribution in [3.63, 3.8) is 0 Å². The van der Waals surface area contributed by atoms with Crippen molar-refractivity contribution in [1.82, 2.24) is 14.8 Å². The molecule has 1 aliphatic carbocycles. The number of hydrogen-bond donors (Lipinski definition) is 1. The fourth-order valence-electron chi connectivity index (χ4n) is 2.82. The first kappa shape index (κ1) is 11.9. The van der Waals surface area contributed by atoms with Crippen molar-refractivity contribution >= 4 is 5.97 Å². The SMILES string of the molecule is CC1(C)C(C(=O)O)C1c1nncn1-c1ccccc1. The van der Waals surface area contributed by atoms with Crippen LogP contribution in [0.2, 0.25) is 0 Å². The Morgan fingerprint density at radius 3 is 2.58 bits per heavy atom. The lowest BCUT2D eigenvalue weighted by atomic mass is 10.1. The molecule has 1 saturated carbocycles. The summed E-state index contributed by atoms with van der Waals surface area (Å²) in [5.41, 5.74) is 0.681. The van der Waals surface area contributed by atoms with E-state index in [4.69, 9.17) is 0 Å². The van der Waals surface area contributed by atoms with Crippen molar-refractivity contribution in [1.29, 1.82) is 0 Å². The Morgan fingerprint density at radius 1 is 1.32 bits per heavy atom. The van der Waals surface area contributed by atoms with E-state index in [9.17, 15) is 9.90 Å². The molecule has 5 nitrogen and oxygen atoms in total. The number of hydrogen-bond acceptors (Lipinski definition) is 3. The topological polar surface area (TPSA) is 68.0 Å². The zero-order chi connectivity index (χ0) is 13.6. The van der Waals surface area contributed by atoms with Gasteiger partial charge in [0.05, 0.1) is 5.92 Å². The summed E-state index contributed by atoms with van der Waals surface area (Å²) < 4.78 is 1.87. The molecule has 1 aromatic heterocycles. The second-order valence-electron chi connectivity index (χ2n) is 5.51. The molecule has 1 heterocycles. The highest BCUT2D eigenvalue weighted by molar-refractivity contribution is 5.77. The molecule has 1 N–H and O–H groups in total. The summed E-state index contributed by atoms with van der Waals surface area (Å²) in [5, 5.41) is 17.3. The minimum atomic E-state index is -0.766. The molecular weight excluding hydrogens is 242 g/mol. The van der Waals surface area contributed by atoms with Crippen LogP contribution in [0.3, 0.4) is 0 Å². The van der Waals surface area contributed by atoms with Gasteiger partial charge in [-0.25, -0.2) is 0 Å². The van der Waals surface area contributed by atoms with E-state index in [0.29, 0.717) is 0 Å². The second-order valence-corrected chi connectivity index (χ2v) is 5.51. The molecule has 3 rings (SSSR count). The molecule has 1 aliphatic rings. The third-order valence-electron chi connectivity index (χ3n) is 3.98. The molecule has 2 aromatic rings. The Morgan fingerprint density at radius 2 is 2.00 bits per heavy atom. The quantitative estimate of drug-likeness (QED) is 0.914. The molecule has 2 unspecified atom stereocenters. The number of carboxylic acids is 1. The Labute approximate surface area is 110 Å². The van der Waals surface area contributed by atoms with Crippen LogP contribution in [-0.2, 0) is 4.79 Å². The van der Waals surface area contributed by atoms with Crippen LogP contribution in [0.4, 0.5) is 0 Å². The van der Waals surface area contributed by atoms with Gasteiger partial charge in [0.2, 0.25) is 0 Å². The fraction of sp³-hybridized carbons (Fsp3) is 0.357. The van der Waals surface area contributed by atoms with Gasteiger partial charge in [0.15, 0.2) is 0 Å². The van der Waals surface area contributed by atoms with Crippen LogP contribution >= 0.6 is 0 Å². The highest BCUT2D eigenvalue weighted by atomic mass is 16.4. The van der Waals surface area contributed by atoms with Crippen molar-refractivity contribution in [3.8, 4) is 5.69 Å². The van der Waals surface area contributed by atoms with E-state index < -0.39 is 5.97 Å². The summed E-state index contributed by atoms with van der Waals surface area (Å²) in [6.45, 7) is 3.92. The van der Waals surface area contributed by atoms with Crippen LogP contribution < -0.4 is 0 Å². The van der Waals surface area contributed by atoms with Gasteiger partial charge in [-0.15, -0.1) is 10.2 Å². The molecule has 0 spiro atoms. The predicted octanol–water partition coefficient (Wildman–Crippen LogP) is 2.09. The number of aromatic nitrogens is 3. The lowest BCUT2D eigenvalue weighted by molar-refractivity contribution is -0.139. The fourth-order valence-corrected chi connectivity index (χ4v) is 2.82. The number of benzene rings is 1. The first-order chi connectivity index (χ1) is 9.03. The third kappa shape index (κ3) is 1.73. The minimum Gasteiger partial charge on any atom is -0.481 e. The largest absolute Gasteiger partial charge is 0.481 e. The Bertz CT molecular complexity index is 619. The molecule has 98 valence electrons. The molecule has 2 atom stereocenters. The predicted molar refractivity (Wildman–Crippen MR) is 69.0 cm³/mol. The molecule has 0 amide bonds. The summed E-state index contributed by atoms with van der Waals surface area (Å²) in [5.74, 6) is -0.520. The van der Waals surface area contributed by atoms with E-state index in [1.54, 1.807) is 6.33 Å². The van der Waals surface area contributed by atoms with Crippen molar-refractivity contribution in [3.05, 3.63) is 42.5 Å². The monoisotopic (exact) mass is 257 g/mol. The van der Waals surface area contributed by atoms with Gasteiger partial charge < -0.3 is 5.11 Å². The van der Waals surface area contributed by atoms with Crippen LogP contribution in [0.1, 0.15) is 25.6 Å². The highest BCUT2D eigenvalue weighted by Gasteiger charge is 2.64. The van der Waals surface area contributed by atoms with Gasteiger partial charge in [0.1, 0.15) is 12.2 Å². The normalized spacial score (nSPS) is 24.1. The van der Waals surface area contributed by atoms with Gasteiger partial charge in [-0.1, -0.05) is 32.0 Å². The molecule has 0 radical (unpaired) electrons. The number of para-hydroxylation sites is 1. The van der Waals surface area contributed by atoms with E-state index >= 15 is 0 Å². The van der Waals surface area contributed by atoms with Gasteiger partial charge in [0.25, 0.3) is 0 Å². The summed E-state index contributed by atoms with van der Waals surface area (Å²) in [7, 11) is 0. The first-order valence-corrected chi connectivity index (χ1v) is 6.21. The average Bonchev–Trinajstić information content (AvgIpc) is 2.75. The van der Waals surface area contributed by atoms with Gasteiger partial charge in [0, 0.05) is 11.6 Å². The Balaban J connectivity index is 2.01. The van der Waals surface area contributed by atoms with E-state index in [2.05, 4.69) is 10.2 Å². The van der Waals surface area contributed by atoms with Crippen LogP contribution in [0.5, 0.6) is 0 Å². The summed E-state index contributed by atoms with van der Waals surface area (Å²) >= 11 is 0. The lowest BCUT2D eigenvalue weighted by Gasteiger charge is -2.06. The van der Waals surface area contributed by atoms with E-state index in [0.717, 1.165) is 11.5 Å². The highest BCUT2D eigenvalue weighted by Crippen LogP contribution is 2.64. The van der Waals surface area contributed by atoms with E-state index in [1.807, 2.05) is 48.7 Å². The van der Waals surface area contributed by atoms with Crippen molar-refractivity contribution in [2.24, 2.45) is 11.3 Å². The van der Waals surface area contributed by atoms with Gasteiger partial charge in [-0.05, 0) is 17.5 Å².